The summed E-state index contributed by atoms with van der Waals surface area (Å²) in [6.07, 6.45) is 5.45. The van der Waals surface area contributed by atoms with Crippen molar-refractivity contribution in [3.63, 3.8) is 0 Å². The summed E-state index contributed by atoms with van der Waals surface area (Å²) < 4.78 is 0. The summed E-state index contributed by atoms with van der Waals surface area (Å²) in [5.74, 6) is -1.57. The first-order valence-corrected chi connectivity index (χ1v) is 11.0. The van der Waals surface area contributed by atoms with Crippen molar-refractivity contribution in [1.29, 1.82) is 5.41 Å². The number of hydroxylamine groups is 1. The summed E-state index contributed by atoms with van der Waals surface area (Å²) in [5.41, 5.74) is 9.24. The first-order valence-electron chi connectivity index (χ1n) is 11.0. The van der Waals surface area contributed by atoms with E-state index < -0.39 is 24.0 Å². The van der Waals surface area contributed by atoms with E-state index in [0.717, 1.165) is 37.7 Å². The van der Waals surface area contributed by atoms with Crippen LogP contribution in [0.3, 0.4) is 0 Å². The molecule has 2 fully saturated rings. The van der Waals surface area contributed by atoms with Gasteiger partial charge in [0.1, 0.15) is 11.9 Å². The van der Waals surface area contributed by atoms with E-state index in [9.17, 15) is 14.4 Å². The van der Waals surface area contributed by atoms with Gasteiger partial charge in [-0.05, 0) is 30.7 Å². The average Bonchev–Trinajstić information content (AvgIpc) is 2.74. The number of amidine groups is 1. The van der Waals surface area contributed by atoms with Crippen LogP contribution in [0.2, 0.25) is 0 Å². The fourth-order valence-electron chi connectivity index (χ4n) is 4.26. The molecule has 2 atom stereocenters. The highest BCUT2D eigenvalue weighted by Crippen LogP contribution is 2.29. The summed E-state index contributed by atoms with van der Waals surface area (Å²) in [6.45, 7) is 0.306. The van der Waals surface area contributed by atoms with Crippen LogP contribution in [-0.2, 0) is 25.8 Å². The van der Waals surface area contributed by atoms with Gasteiger partial charge in [0.2, 0.25) is 5.91 Å². The van der Waals surface area contributed by atoms with Crippen LogP contribution < -0.4 is 16.5 Å². The number of amides is 2. The minimum atomic E-state index is -1.01. The first kappa shape index (κ1) is 23.7. The third kappa shape index (κ3) is 6.04. The molecule has 2 amide bonds. The second kappa shape index (κ2) is 11.1. The lowest BCUT2D eigenvalue weighted by Gasteiger charge is -2.43. The molecular formula is C22H31N5O5. The zero-order valence-electron chi connectivity index (χ0n) is 18.0. The maximum Gasteiger partial charge on any atom is 0.317 e. The van der Waals surface area contributed by atoms with Crippen LogP contribution in [0.15, 0.2) is 24.3 Å². The number of nitrogens with zero attached hydrogens (tertiary/aromatic N) is 1. The Labute approximate surface area is 186 Å². The number of nitrogen functional groups attached to an aromatic ring is 1. The second-order valence-electron chi connectivity index (χ2n) is 8.35. The zero-order valence-corrected chi connectivity index (χ0v) is 18.0. The predicted octanol–water partition coefficient (Wildman–Crippen LogP) is 0.742. The van der Waals surface area contributed by atoms with Gasteiger partial charge >= 0.3 is 5.97 Å². The molecule has 0 radical (unpaired) electrons. The van der Waals surface area contributed by atoms with E-state index in [4.69, 9.17) is 21.1 Å². The van der Waals surface area contributed by atoms with E-state index >= 15 is 0 Å². The van der Waals surface area contributed by atoms with Gasteiger partial charge in [-0.25, -0.2) is 5.48 Å². The minimum Gasteiger partial charge on any atom is -0.480 e. The Bertz CT molecular complexity index is 838. The Morgan fingerprint density at radius 2 is 1.84 bits per heavy atom. The second-order valence-corrected chi connectivity index (χ2v) is 8.35. The van der Waals surface area contributed by atoms with E-state index in [2.05, 4.69) is 10.8 Å². The molecule has 1 aromatic carbocycles. The van der Waals surface area contributed by atoms with Gasteiger partial charge in [0.05, 0.1) is 19.2 Å². The lowest BCUT2D eigenvalue weighted by molar-refractivity contribution is -0.156. The topological polar surface area (TPSA) is 158 Å². The summed E-state index contributed by atoms with van der Waals surface area (Å²) >= 11 is 0. The number of benzene rings is 1. The molecule has 1 saturated heterocycles. The van der Waals surface area contributed by atoms with Crippen molar-refractivity contribution in [3.05, 3.63) is 35.4 Å². The Hall–Kier alpha value is -2.98. The molecular weight excluding hydrogens is 414 g/mol. The molecule has 10 heteroatoms. The third-order valence-corrected chi connectivity index (χ3v) is 6.14. The van der Waals surface area contributed by atoms with Gasteiger partial charge in [0.25, 0.3) is 5.91 Å². The average molecular weight is 446 g/mol. The SMILES string of the molecule is N=C(N)c1ccc(CONC(=O)C2CCN2C(=O)C(NCC(=O)O)C2CCCCC2)cc1. The molecule has 1 aromatic rings. The molecule has 0 aromatic heterocycles. The van der Waals surface area contributed by atoms with Gasteiger partial charge in [0.15, 0.2) is 0 Å². The molecule has 0 spiro atoms. The molecule has 1 heterocycles. The molecule has 2 unspecified atom stereocenters. The van der Waals surface area contributed by atoms with E-state index in [1.807, 2.05) is 0 Å². The van der Waals surface area contributed by atoms with Crippen molar-refractivity contribution in [2.24, 2.45) is 11.7 Å². The molecule has 32 heavy (non-hydrogen) atoms. The molecule has 2 aliphatic rings. The Kier molecular flexibility index (Phi) is 8.18. The number of carboxylic acid groups (broad SMARTS) is 1. The highest BCUT2D eigenvalue weighted by Gasteiger charge is 2.42. The van der Waals surface area contributed by atoms with Crippen LogP contribution in [0.1, 0.15) is 49.7 Å². The molecule has 0 bridgehead atoms. The van der Waals surface area contributed by atoms with Gasteiger partial charge in [-0.15, -0.1) is 0 Å². The lowest BCUT2D eigenvalue weighted by atomic mass is 9.82. The largest absolute Gasteiger partial charge is 0.480 e. The van der Waals surface area contributed by atoms with Crippen LogP contribution in [0.25, 0.3) is 0 Å². The van der Waals surface area contributed by atoms with Gasteiger partial charge in [-0.3, -0.25) is 29.9 Å². The van der Waals surface area contributed by atoms with E-state index in [1.165, 1.54) is 4.90 Å². The highest BCUT2D eigenvalue weighted by molar-refractivity contribution is 5.95. The number of carbonyl (C=O) groups is 3. The number of rotatable bonds is 10. The monoisotopic (exact) mass is 445 g/mol. The fourth-order valence-corrected chi connectivity index (χ4v) is 4.26. The number of nitrogens with one attached hydrogen (secondary N) is 3. The van der Waals surface area contributed by atoms with Crippen LogP contribution in [0, 0.1) is 11.3 Å². The summed E-state index contributed by atoms with van der Waals surface area (Å²) in [7, 11) is 0. The van der Waals surface area contributed by atoms with Crippen LogP contribution in [0.5, 0.6) is 0 Å². The zero-order chi connectivity index (χ0) is 23.1. The van der Waals surface area contributed by atoms with Crippen molar-refractivity contribution < 1.29 is 24.3 Å². The Morgan fingerprint density at radius 3 is 2.41 bits per heavy atom. The maximum atomic E-state index is 13.2. The van der Waals surface area contributed by atoms with Crippen molar-refractivity contribution in [2.75, 3.05) is 13.1 Å². The highest BCUT2D eigenvalue weighted by atomic mass is 16.6. The van der Waals surface area contributed by atoms with Crippen LogP contribution in [-0.4, -0.2) is 58.8 Å². The summed E-state index contributed by atoms with van der Waals surface area (Å²) in [4.78, 5) is 43.6. The minimum absolute atomic E-state index is 0.0233. The van der Waals surface area contributed by atoms with Crippen molar-refractivity contribution >= 4 is 23.6 Å². The molecule has 1 saturated carbocycles. The number of hydrogen-bond acceptors (Lipinski definition) is 6. The maximum absolute atomic E-state index is 13.2. The van der Waals surface area contributed by atoms with Gasteiger partial charge < -0.3 is 15.7 Å². The molecule has 1 aliphatic carbocycles. The van der Waals surface area contributed by atoms with Gasteiger partial charge in [-0.2, -0.15) is 0 Å². The van der Waals surface area contributed by atoms with E-state index in [1.54, 1.807) is 24.3 Å². The standard InChI is InChI=1S/C22H31N5O5/c23-20(24)16-8-6-14(7-9-16)13-32-26-21(30)17-10-11-27(17)22(31)19(25-12-18(28)29)15-4-2-1-3-5-15/h6-9,15,17,19,25H,1-5,10-13H2,(H3,23,24)(H,26,30)(H,28,29). The first-order chi connectivity index (χ1) is 15.4. The number of nitrogens with two attached hydrogens (primary N) is 1. The van der Waals surface area contributed by atoms with Crippen LogP contribution >= 0.6 is 0 Å². The smallest absolute Gasteiger partial charge is 0.317 e. The summed E-state index contributed by atoms with van der Waals surface area (Å²) in [5, 5.41) is 19.3. The Balaban J connectivity index is 1.52. The molecule has 3 rings (SSSR count). The number of carboxylic acids is 1. The predicted molar refractivity (Wildman–Crippen MR) is 117 cm³/mol. The van der Waals surface area contributed by atoms with Crippen LogP contribution in [0.4, 0.5) is 0 Å². The molecule has 1 aliphatic heterocycles. The molecule has 174 valence electrons. The normalized spacial score (nSPS) is 19.6. The lowest BCUT2D eigenvalue weighted by Crippen LogP contribution is -2.63. The third-order valence-electron chi connectivity index (χ3n) is 6.14. The number of aliphatic carboxylic acids is 1. The van der Waals surface area contributed by atoms with Gasteiger partial charge in [-0.1, -0.05) is 43.5 Å². The van der Waals surface area contributed by atoms with E-state index in [0.29, 0.717) is 18.5 Å². The molecule has 6 N–H and O–H groups in total. The van der Waals surface area contributed by atoms with Crippen molar-refractivity contribution in [3.8, 4) is 0 Å². The van der Waals surface area contributed by atoms with E-state index in [-0.39, 0.29) is 30.8 Å². The van der Waals surface area contributed by atoms with Crippen molar-refractivity contribution in [1.82, 2.24) is 15.7 Å². The number of carbonyl (C=O) groups excluding carboxylic acids is 2. The molecule has 10 nitrogen and oxygen atoms in total. The summed E-state index contributed by atoms with van der Waals surface area (Å²) in [6, 6.07) is 5.69. The van der Waals surface area contributed by atoms with Crippen molar-refractivity contribution in [2.45, 2.75) is 57.2 Å². The fraction of sp³-hybridized carbons (Fsp3) is 0.545. The number of likely N-dealkylation sites (tertiary alicyclic amines) is 1. The quantitative estimate of drug-likeness (QED) is 0.202. The number of hydrogen-bond donors (Lipinski definition) is 5. The van der Waals surface area contributed by atoms with Gasteiger partial charge in [0, 0.05) is 12.1 Å². The Morgan fingerprint density at radius 1 is 1.16 bits per heavy atom.